The summed E-state index contributed by atoms with van der Waals surface area (Å²) in [4.78, 5) is 12.1. The highest BCUT2D eigenvalue weighted by Gasteiger charge is 2.42. The number of halogens is 1. The summed E-state index contributed by atoms with van der Waals surface area (Å²) < 4.78 is 6.52. The van der Waals surface area contributed by atoms with Crippen LogP contribution in [-0.4, -0.2) is 23.6 Å². The predicted molar refractivity (Wildman–Crippen MR) is 119 cm³/mol. The van der Waals surface area contributed by atoms with Gasteiger partial charge in [-0.1, -0.05) is 41.1 Å². The zero-order valence-electron chi connectivity index (χ0n) is 17.0. The fraction of sp³-hybridized carbons (Fsp3) is 0.333. The highest BCUT2D eigenvalue weighted by Crippen LogP contribution is 2.45. The normalized spacial score (nSPS) is 20.8. The van der Waals surface area contributed by atoms with Crippen LogP contribution in [0.2, 0.25) is 0 Å². The first-order chi connectivity index (χ1) is 14.0. The third kappa shape index (κ3) is 3.76. The van der Waals surface area contributed by atoms with Crippen molar-refractivity contribution < 1.29 is 9.53 Å². The average Bonchev–Trinajstić information content (AvgIpc) is 3.14. The molecule has 0 radical (unpaired) electrons. The Hall–Kier alpha value is -2.40. The molecule has 2 aromatic rings. The van der Waals surface area contributed by atoms with E-state index in [0.29, 0.717) is 6.42 Å². The van der Waals surface area contributed by atoms with Gasteiger partial charge in [0.2, 0.25) is 0 Å². The Morgan fingerprint density at radius 1 is 1.28 bits per heavy atom. The van der Waals surface area contributed by atoms with Crippen molar-refractivity contribution >= 4 is 27.4 Å². The molecule has 1 aliphatic heterocycles. The van der Waals surface area contributed by atoms with Crippen molar-refractivity contribution in [2.75, 3.05) is 7.11 Å². The van der Waals surface area contributed by atoms with Crippen LogP contribution in [0.3, 0.4) is 0 Å². The number of allylic oxidation sites excluding steroid dienone is 2. The third-order valence-electron chi connectivity index (χ3n) is 5.82. The number of hydrogen-bond donors (Lipinski definition) is 0. The first kappa shape index (κ1) is 19.9. The fourth-order valence-electron chi connectivity index (χ4n) is 4.30. The molecule has 0 bridgehead atoms. The first-order valence-corrected chi connectivity index (χ1v) is 10.8. The maximum atomic E-state index is 12.1. The van der Waals surface area contributed by atoms with Gasteiger partial charge < -0.3 is 4.74 Å². The van der Waals surface area contributed by atoms with Crippen LogP contribution in [0.25, 0.3) is 0 Å². The Bertz CT molecular complexity index is 994. The summed E-state index contributed by atoms with van der Waals surface area (Å²) in [5.41, 5.74) is 5.66. The van der Waals surface area contributed by atoms with Crippen molar-refractivity contribution in [2.45, 2.75) is 39.2 Å². The third-order valence-corrected chi connectivity index (χ3v) is 6.35. The summed E-state index contributed by atoms with van der Waals surface area (Å²) in [6, 6.07) is 14.8. The monoisotopic (exact) mass is 452 g/mol. The number of carbonyl (C=O) groups is 1. The van der Waals surface area contributed by atoms with Gasteiger partial charge in [0.1, 0.15) is 5.75 Å². The van der Waals surface area contributed by atoms with E-state index in [-0.39, 0.29) is 17.7 Å². The molecule has 150 valence electrons. The van der Waals surface area contributed by atoms with Crippen LogP contribution in [0.15, 0.2) is 63.8 Å². The summed E-state index contributed by atoms with van der Waals surface area (Å²) in [5, 5.41) is 7.10. The van der Waals surface area contributed by atoms with Crippen molar-refractivity contribution in [3.63, 3.8) is 0 Å². The van der Waals surface area contributed by atoms with Crippen LogP contribution in [0.5, 0.6) is 5.75 Å². The largest absolute Gasteiger partial charge is 0.497 e. The molecule has 0 spiro atoms. The molecule has 2 atom stereocenters. The molecule has 29 heavy (non-hydrogen) atoms. The number of aryl methyl sites for hydroxylation is 1. The minimum Gasteiger partial charge on any atom is -0.497 e. The molecule has 2 aliphatic rings. The van der Waals surface area contributed by atoms with Gasteiger partial charge in [0.25, 0.3) is 0 Å². The molecular weight excluding hydrogens is 428 g/mol. The van der Waals surface area contributed by atoms with Gasteiger partial charge in [0.05, 0.1) is 18.9 Å². The predicted octanol–water partition coefficient (Wildman–Crippen LogP) is 5.66. The van der Waals surface area contributed by atoms with Crippen LogP contribution in [0.4, 0.5) is 0 Å². The average molecular weight is 453 g/mol. The molecule has 1 aliphatic carbocycles. The second kappa shape index (κ2) is 8.15. The second-order valence-electron chi connectivity index (χ2n) is 7.60. The van der Waals surface area contributed by atoms with Crippen molar-refractivity contribution in [2.24, 2.45) is 11.0 Å². The zero-order chi connectivity index (χ0) is 20.5. The topological polar surface area (TPSA) is 41.9 Å². The number of ether oxygens (including phenoxy) is 1. The van der Waals surface area contributed by atoms with Gasteiger partial charge in [-0.3, -0.25) is 9.80 Å². The molecule has 0 unspecified atom stereocenters. The zero-order valence-corrected chi connectivity index (χ0v) is 18.6. The van der Waals surface area contributed by atoms with E-state index < -0.39 is 0 Å². The molecule has 0 amide bonds. The molecule has 4 nitrogen and oxygen atoms in total. The van der Waals surface area contributed by atoms with Gasteiger partial charge in [-0.25, -0.2) is 0 Å². The molecule has 0 fully saturated rings. The number of rotatable bonds is 5. The van der Waals surface area contributed by atoms with E-state index in [1.54, 1.807) is 13.2 Å². The molecule has 2 aromatic carbocycles. The second-order valence-corrected chi connectivity index (χ2v) is 8.52. The van der Waals surface area contributed by atoms with E-state index in [0.717, 1.165) is 34.5 Å². The minimum atomic E-state index is 0.0818. The van der Waals surface area contributed by atoms with Gasteiger partial charge in [0, 0.05) is 34.1 Å². The maximum absolute atomic E-state index is 12.1. The van der Waals surface area contributed by atoms with Crippen LogP contribution in [0, 0.1) is 5.92 Å². The smallest absolute Gasteiger partial charge is 0.157 e. The number of carbonyl (C=O) groups excluding carboxylic acids is 1. The lowest BCUT2D eigenvalue weighted by molar-refractivity contribution is -0.114. The van der Waals surface area contributed by atoms with E-state index in [4.69, 9.17) is 9.84 Å². The first-order valence-electron chi connectivity index (χ1n) is 10.0. The van der Waals surface area contributed by atoms with Crippen molar-refractivity contribution in [3.8, 4) is 5.75 Å². The van der Waals surface area contributed by atoms with E-state index in [9.17, 15) is 4.79 Å². The summed E-state index contributed by atoms with van der Waals surface area (Å²) in [6.45, 7) is 3.86. The number of hydrazone groups is 1. The molecule has 0 saturated carbocycles. The number of nitrogens with zero attached hydrogens (tertiary/aromatic N) is 2. The van der Waals surface area contributed by atoms with Gasteiger partial charge in [-0.2, -0.15) is 5.10 Å². The van der Waals surface area contributed by atoms with E-state index in [1.165, 1.54) is 16.7 Å². The lowest BCUT2D eigenvalue weighted by atomic mass is 9.77. The number of methoxy groups -OCH3 is 1. The molecule has 4 rings (SSSR count). The Balaban J connectivity index is 1.82. The van der Waals surface area contributed by atoms with Crippen molar-refractivity contribution in [3.05, 3.63) is 75.4 Å². The lowest BCUT2D eigenvalue weighted by Crippen LogP contribution is -2.28. The minimum absolute atomic E-state index is 0.0818. The lowest BCUT2D eigenvalue weighted by Gasteiger charge is -2.31. The quantitative estimate of drug-likeness (QED) is 0.549. The Labute approximate surface area is 180 Å². The fourth-order valence-corrected chi connectivity index (χ4v) is 4.57. The maximum Gasteiger partial charge on any atom is 0.157 e. The SMILES string of the molecule is CCC(=O)/C=C(/C)N1N=C2c3cc(OC)ccc3CC[C@@H]2[C@@H]1c1ccc(Br)cc1. The number of hydrogen-bond acceptors (Lipinski definition) is 4. The Morgan fingerprint density at radius 3 is 2.72 bits per heavy atom. The molecule has 1 heterocycles. The van der Waals surface area contributed by atoms with E-state index in [1.807, 2.05) is 24.9 Å². The molecular formula is C24H25BrN2O2. The summed E-state index contributed by atoms with van der Waals surface area (Å²) in [6.07, 6.45) is 4.26. The molecule has 0 saturated heterocycles. The van der Waals surface area contributed by atoms with Crippen LogP contribution >= 0.6 is 15.9 Å². The number of fused-ring (bicyclic) bond motifs is 3. The highest BCUT2D eigenvalue weighted by atomic mass is 79.9. The van der Waals surface area contributed by atoms with Crippen LogP contribution in [0.1, 0.15) is 49.4 Å². The van der Waals surface area contributed by atoms with Gasteiger partial charge in [-0.15, -0.1) is 0 Å². The van der Waals surface area contributed by atoms with Crippen LogP contribution in [-0.2, 0) is 11.2 Å². The molecule has 5 heteroatoms. The summed E-state index contributed by atoms with van der Waals surface area (Å²) in [7, 11) is 1.69. The molecule has 0 aromatic heterocycles. The molecule has 0 N–H and O–H groups in total. The van der Waals surface area contributed by atoms with Gasteiger partial charge in [0.15, 0.2) is 5.78 Å². The Morgan fingerprint density at radius 2 is 2.03 bits per heavy atom. The Kier molecular flexibility index (Phi) is 5.59. The number of ketones is 1. The number of benzene rings is 2. The van der Waals surface area contributed by atoms with E-state index >= 15 is 0 Å². The van der Waals surface area contributed by atoms with Crippen molar-refractivity contribution in [1.29, 1.82) is 0 Å². The summed E-state index contributed by atoms with van der Waals surface area (Å²) >= 11 is 3.53. The standard InChI is InChI=1S/C24H25BrN2O2/c1-4-19(28)13-15(2)27-24(17-5-9-18(25)10-6-17)21-12-8-16-7-11-20(29-3)14-22(16)23(21)26-27/h5-7,9-11,13-14,21,24H,4,8,12H2,1-3H3/b15-13-/t21-,24-/m0/s1. The van der Waals surface area contributed by atoms with Crippen LogP contribution < -0.4 is 4.74 Å². The summed E-state index contributed by atoms with van der Waals surface area (Å²) in [5.74, 6) is 1.24. The van der Waals surface area contributed by atoms with Gasteiger partial charge >= 0.3 is 0 Å². The van der Waals surface area contributed by atoms with Crippen molar-refractivity contribution in [1.82, 2.24) is 5.01 Å². The highest BCUT2D eigenvalue weighted by molar-refractivity contribution is 9.10. The van der Waals surface area contributed by atoms with E-state index in [2.05, 4.69) is 52.3 Å². The van der Waals surface area contributed by atoms with Gasteiger partial charge in [-0.05, 0) is 55.2 Å².